The highest BCUT2D eigenvalue weighted by atomic mass is 32.2. The first-order valence-electron chi connectivity index (χ1n) is 11.1. The van der Waals surface area contributed by atoms with Crippen LogP contribution in [0.1, 0.15) is 71.6 Å². The van der Waals surface area contributed by atoms with Crippen LogP contribution in [0.2, 0.25) is 0 Å². The molecule has 0 aromatic heterocycles. The summed E-state index contributed by atoms with van der Waals surface area (Å²) < 4.78 is 28.9. The summed E-state index contributed by atoms with van der Waals surface area (Å²) in [6.45, 7) is 6.55. The Kier molecular flexibility index (Phi) is 10.2. The summed E-state index contributed by atoms with van der Waals surface area (Å²) in [6, 6.07) is 8.06. The quantitative estimate of drug-likeness (QED) is 0.405. The molecule has 160 valence electrons. The van der Waals surface area contributed by atoms with E-state index in [4.69, 9.17) is 4.74 Å². The van der Waals surface area contributed by atoms with Gasteiger partial charge in [0.25, 0.3) is 0 Å². The fourth-order valence-corrected chi connectivity index (χ4v) is 4.83. The van der Waals surface area contributed by atoms with Crippen LogP contribution in [0, 0.1) is 5.92 Å². The van der Waals surface area contributed by atoms with E-state index in [1.54, 1.807) is 0 Å². The average Bonchev–Trinajstić information content (AvgIpc) is 2.66. The SMILES string of the molecule is CC(C)CCCCCCCCCCOc1ccc(N2CCS(=O)(=O)CC2)cc1. The van der Waals surface area contributed by atoms with Crippen molar-refractivity contribution in [3.8, 4) is 5.75 Å². The van der Waals surface area contributed by atoms with E-state index >= 15 is 0 Å². The van der Waals surface area contributed by atoms with Crippen LogP contribution in [0.5, 0.6) is 5.75 Å². The Morgan fingerprint density at radius 2 is 1.39 bits per heavy atom. The van der Waals surface area contributed by atoms with Crippen molar-refractivity contribution in [2.75, 3.05) is 36.1 Å². The van der Waals surface area contributed by atoms with Crippen molar-refractivity contribution in [3.05, 3.63) is 24.3 Å². The maximum atomic E-state index is 11.5. The minimum absolute atomic E-state index is 0.253. The van der Waals surface area contributed by atoms with E-state index in [1.807, 2.05) is 24.3 Å². The van der Waals surface area contributed by atoms with Gasteiger partial charge < -0.3 is 9.64 Å². The molecule has 0 atom stereocenters. The number of rotatable bonds is 13. The van der Waals surface area contributed by atoms with Crippen LogP contribution in [-0.4, -0.2) is 39.6 Å². The van der Waals surface area contributed by atoms with Gasteiger partial charge >= 0.3 is 0 Å². The molecule has 0 spiro atoms. The monoisotopic (exact) mass is 409 g/mol. The molecule has 5 heteroatoms. The molecule has 1 heterocycles. The van der Waals surface area contributed by atoms with Crippen LogP contribution < -0.4 is 9.64 Å². The smallest absolute Gasteiger partial charge is 0.153 e. The maximum absolute atomic E-state index is 11.5. The maximum Gasteiger partial charge on any atom is 0.153 e. The van der Waals surface area contributed by atoms with Gasteiger partial charge in [0, 0.05) is 18.8 Å². The minimum atomic E-state index is -2.83. The number of sulfone groups is 1. The second-order valence-corrected chi connectivity index (χ2v) is 10.8. The summed E-state index contributed by atoms with van der Waals surface area (Å²) in [4.78, 5) is 2.13. The summed E-state index contributed by atoms with van der Waals surface area (Å²) >= 11 is 0. The van der Waals surface area contributed by atoms with E-state index in [-0.39, 0.29) is 11.5 Å². The number of unbranched alkanes of at least 4 members (excludes halogenated alkanes) is 7. The highest BCUT2D eigenvalue weighted by molar-refractivity contribution is 7.91. The minimum Gasteiger partial charge on any atom is -0.494 e. The van der Waals surface area contributed by atoms with E-state index in [0.717, 1.165) is 30.4 Å². The first-order chi connectivity index (χ1) is 13.5. The van der Waals surface area contributed by atoms with Crippen LogP contribution in [0.4, 0.5) is 5.69 Å². The Labute approximate surface area is 172 Å². The van der Waals surface area contributed by atoms with Crippen molar-refractivity contribution < 1.29 is 13.2 Å². The van der Waals surface area contributed by atoms with Crippen LogP contribution in [0.3, 0.4) is 0 Å². The van der Waals surface area contributed by atoms with Gasteiger partial charge in [-0.05, 0) is 36.6 Å². The Morgan fingerprint density at radius 1 is 0.857 bits per heavy atom. The molecule has 0 bridgehead atoms. The van der Waals surface area contributed by atoms with Crippen LogP contribution in [0.15, 0.2) is 24.3 Å². The molecule has 0 unspecified atom stereocenters. The molecule has 0 aliphatic carbocycles. The number of ether oxygens (including phenoxy) is 1. The van der Waals surface area contributed by atoms with Gasteiger partial charge in [-0.1, -0.05) is 65.2 Å². The van der Waals surface area contributed by atoms with Gasteiger partial charge in [0.2, 0.25) is 0 Å². The van der Waals surface area contributed by atoms with Crippen LogP contribution in [-0.2, 0) is 9.84 Å². The lowest BCUT2D eigenvalue weighted by Crippen LogP contribution is -2.40. The molecule has 0 radical (unpaired) electrons. The Bertz CT molecular complexity index is 626. The van der Waals surface area contributed by atoms with Gasteiger partial charge in [-0.2, -0.15) is 0 Å². The third-order valence-electron chi connectivity index (χ3n) is 5.49. The van der Waals surface area contributed by atoms with Crippen molar-refractivity contribution in [2.45, 2.75) is 71.6 Å². The lowest BCUT2D eigenvalue weighted by atomic mass is 10.0. The predicted octanol–water partition coefficient (Wildman–Crippen LogP) is 5.47. The van der Waals surface area contributed by atoms with Gasteiger partial charge in [0.1, 0.15) is 5.75 Å². The van der Waals surface area contributed by atoms with Crippen molar-refractivity contribution in [3.63, 3.8) is 0 Å². The van der Waals surface area contributed by atoms with E-state index in [0.29, 0.717) is 13.1 Å². The molecule has 1 aromatic carbocycles. The van der Waals surface area contributed by atoms with Gasteiger partial charge in [-0.3, -0.25) is 0 Å². The molecule has 1 aromatic rings. The number of hydrogen-bond acceptors (Lipinski definition) is 4. The molecule has 28 heavy (non-hydrogen) atoms. The second-order valence-electron chi connectivity index (χ2n) is 8.49. The average molecular weight is 410 g/mol. The van der Waals surface area contributed by atoms with Crippen LogP contribution >= 0.6 is 0 Å². The molecule has 1 saturated heterocycles. The summed E-state index contributed by atoms with van der Waals surface area (Å²) in [5, 5.41) is 0. The topological polar surface area (TPSA) is 46.6 Å². The highest BCUT2D eigenvalue weighted by Crippen LogP contribution is 2.21. The van der Waals surface area contributed by atoms with Gasteiger partial charge in [0.15, 0.2) is 9.84 Å². The zero-order chi connectivity index (χ0) is 20.2. The molecule has 0 amide bonds. The number of hydrogen-bond donors (Lipinski definition) is 0. The fourth-order valence-electron chi connectivity index (χ4n) is 3.63. The molecular weight excluding hydrogens is 370 g/mol. The number of benzene rings is 1. The van der Waals surface area contributed by atoms with Gasteiger partial charge in [-0.15, -0.1) is 0 Å². The van der Waals surface area contributed by atoms with Crippen LogP contribution in [0.25, 0.3) is 0 Å². The van der Waals surface area contributed by atoms with Gasteiger partial charge in [-0.25, -0.2) is 8.42 Å². The summed E-state index contributed by atoms with van der Waals surface area (Å²) in [5.41, 5.74) is 1.08. The summed E-state index contributed by atoms with van der Waals surface area (Å²) in [5.74, 6) is 2.25. The molecule has 1 aliphatic heterocycles. The summed E-state index contributed by atoms with van der Waals surface area (Å²) in [7, 11) is -2.83. The third-order valence-corrected chi connectivity index (χ3v) is 7.10. The second kappa shape index (κ2) is 12.4. The molecule has 4 nitrogen and oxygen atoms in total. The molecule has 0 N–H and O–H groups in total. The third kappa shape index (κ3) is 9.31. The van der Waals surface area contributed by atoms with Crippen molar-refractivity contribution >= 4 is 15.5 Å². The highest BCUT2D eigenvalue weighted by Gasteiger charge is 2.21. The van der Waals surface area contributed by atoms with Crippen molar-refractivity contribution in [2.24, 2.45) is 5.92 Å². The zero-order valence-corrected chi connectivity index (χ0v) is 18.7. The summed E-state index contributed by atoms with van der Waals surface area (Å²) in [6.07, 6.45) is 11.9. The number of nitrogens with zero attached hydrogens (tertiary/aromatic N) is 1. The normalized spacial score (nSPS) is 16.5. The molecule has 1 aliphatic rings. The number of anilines is 1. The molecule has 2 rings (SSSR count). The van der Waals surface area contributed by atoms with E-state index < -0.39 is 9.84 Å². The largest absolute Gasteiger partial charge is 0.494 e. The first kappa shape index (κ1) is 23.1. The Hall–Kier alpha value is -1.23. The van der Waals surface area contributed by atoms with Gasteiger partial charge in [0.05, 0.1) is 18.1 Å². The van der Waals surface area contributed by atoms with Crippen molar-refractivity contribution in [1.29, 1.82) is 0 Å². The lowest BCUT2D eigenvalue weighted by Gasteiger charge is -2.28. The molecular formula is C23H39NO3S. The van der Waals surface area contributed by atoms with Crippen molar-refractivity contribution in [1.82, 2.24) is 0 Å². The predicted molar refractivity (Wildman–Crippen MR) is 119 cm³/mol. The Balaban J connectivity index is 1.50. The van der Waals surface area contributed by atoms with E-state index in [9.17, 15) is 8.42 Å². The zero-order valence-electron chi connectivity index (χ0n) is 17.9. The standard InChI is InChI=1S/C23H39NO3S/c1-21(2)11-9-7-5-3-4-6-8-10-18-27-23-14-12-22(13-15-23)24-16-19-28(25,26)20-17-24/h12-15,21H,3-11,16-20H2,1-2H3. The van der Waals surface area contributed by atoms with E-state index in [1.165, 1.54) is 51.4 Å². The first-order valence-corrected chi connectivity index (χ1v) is 13.0. The Morgan fingerprint density at radius 3 is 1.96 bits per heavy atom. The molecule has 1 fully saturated rings. The lowest BCUT2D eigenvalue weighted by molar-refractivity contribution is 0.304. The fraction of sp³-hybridized carbons (Fsp3) is 0.739. The van der Waals surface area contributed by atoms with E-state index in [2.05, 4.69) is 18.7 Å². The molecule has 0 saturated carbocycles.